The van der Waals surface area contributed by atoms with Crippen LogP contribution in [0.3, 0.4) is 0 Å². The number of hydrogen-bond donors (Lipinski definition) is 1. The number of aromatic nitrogens is 2. The number of amides is 1. The van der Waals surface area contributed by atoms with Gasteiger partial charge in [0.05, 0.1) is 18.9 Å². The van der Waals surface area contributed by atoms with E-state index in [0.29, 0.717) is 30.6 Å². The lowest BCUT2D eigenvalue weighted by Crippen LogP contribution is -2.39. The molecule has 4 rings (SSSR count). The van der Waals surface area contributed by atoms with Crippen LogP contribution in [0.15, 0.2) is 59.1 Å². The van der Waals surface area contributed by atoms with E-state index in [1.54, 1.807) is 7.11 Å². The van der Waals surface area contributed by atoms with Gasteiger partial charge in [0.1, 0.15) is 11.9 Å². The maximum atomic E-state index is 12.2. The molecule has 0 spiro atoms. The summed E-state index contributed by atoms with van der Waals surface area (Å²) < 4.78 is 16.7. The largest absolute Gasteiger partial charge is 0.497 e. The average molecular weight is 464 g/mol. The van der Waals surface area contributed by atoms with Crippen LogP contribution in [0.5, 0.6) is 5.75 Å². The molecule has 1 aliphatic rings. The molecule has 7 heteroatoms. The number of carbonyl (C=O) groups is 1. The Kier molecular flexibility index (Phi) is 7.50. The lowest BCUT2D eigenvalue weighted by Gasteiger charge is -2.38. The molecule has 0 aliphatic heterocycles. The molecule has 7 nitrogen and oxygen atoms in total. The van der Waals surface area contributed by atoms with E-state index >= 15 is 0 Å². The fraction of sp³-hybridized carbons (Fsp3) is 0.444. The van der Waals surface area contributed by atoms with Crippen molar-refractivity contribution < 1.29 is 18.8 Å². The van der Waals surface area contributed by atoms with Gasteiger partial charge in [-0.05, 0) is 54.9 Å². The number of alkyl carbamates (subject to hydrolysis) is 1. The normalized spacial score (nSPS) is 20.2. The lowest BCUT2D eigenvalue weighted by atomic mass is 9.68. The smallest absolute Gasteiger partial charge is 0.407 e. The van der Waals surface area contributed by atoms with Gasteiger partial charge in [0.15, 0.2) is 5.82 Å². The van der Waals surface area contributed by atoms with Crippen LogP contribution in [0.1, 0.15) is 62.4 Å². The van der Waals surface area contributed by atoms with Gasteiger partial charge >= 0.3 is 6.09 Å². The molecular weight excluding hydrogens is 430 g/mol. The van der Waals surface area contributed by atoms with Gasteiger partial charge in [0, 0.05) is 6.54 Å². The van der Waals surface area contributed by atoms with Gasteiger partial charge in [0.25, 0.3) is 0 Å². The van der Waals surface area contributed by atoms with E-state index < -0.39 is 0 Å². The number of rotatable bonds is 8. The van der Waals surface area contributed by atoms with E-state index in [2.05, 4.69) is 36.5 Å². The number of benzene rings is 2. The summed E-state index contributed by atoms with van der Waals surface area (Å²) in [6, 6.07) is 18.2. The maximum Gasteiger partial charge on any atom is 0.407 e. The minimum atomic E-state index is -0.369. The number of methoxy groups -OCH3 is 1. The van der Waals surface area contributed by atoms with Crippen molar-refractivity contribution in [1.82, 2.24) is 15.5 Å². The molecule has 3 aromatic rings. The van der Waals surface area contributed by atoms with Crippen molar-refractivity contribution in [3.05, 3.63) is 77.4 Å². The fourth-order valence-electron chi connectivity index (χ4n) is 4.56. The monoisotopic (exact) mass is 463 g/mol. The minimum Gasteiger partial charge on any atom is -0.497 e. The van der Waals surface area contributed by atoms with Crippen LogP contribution in [0.25, 0.3) is 0 Å². The Morgan fingerprint density at radius 1 is 1.15 bits per heavy atom. The van der Waals surface area contributed by atoms with Crippen molar-refractivity contribution in [3.8, 4) is 5.75 Å². The van der Waals surface area contributed by atoms with Crippen LogP contribution < -0.4 is 10.1 Å². The van der Waals surface area contributed by atoms with Gasteiger partial charge in [-0.2, -0.15) is 4.98 Å². The first-order valence-electron chi connectivity index (χ1n) is 11.9. The summed E-state index contributed by atoms with van der Waals surface area (Å²) in [5.74, 6) is 2.45. The van der Waals surface area contributed by atoms with E-state index in [0.717, 1.165) is 42.6 Å². The molecule has 2 aromatic carbocycles. The van der Waals surface area contributed by atoms with Crippen LogP contribution in [-0.4, -0.2) is 36.0 Å². The molecule has 0 bridgehead atoms. The fourth-order valence-corrected chi connectivity index (χ4v) is 4.56. The first-order chi connectivity index (χ1) is 16.5. The summed E-state index contributed by atoms with van der Waals surface area (Å²) in [7, 11) is 1.65. The van der Waals surface area contributed by atoms with Crippen molar-refractivity contribution >= 4 is 6.09 Å². The van der Waals surface area contributed by atoms with Gasteiger partial charge in [-0.3, -0.25) is 0 Å². The molecule has 1 aliphatic carbocycles. The zero-order chi connectivity index (χ0) is 24.0. The second kappa shape index (κ2) is 10.7. The third kappa shape index (κ3) is 5.58. The third-order valence-corrected chi connectivity index (χ3v) is 6.43. The highest BCUT2D eigenvalue weighted by Gasteiger charge is 2.43. The van der Waals surface area contributed by atoms with Crippen molar-refractivity contribution in [3.63, 3.8) is 0 Å². The molecule has 34 heavy (non-hydrogen) atoms. The quantitative estimate of drug-likeness (QED) is 0.489. The Labute approximate surface area is 200 Å². The van der Waals surface area contributed by atoms with Crippen LogP contribution in [0.2, 0.25) is 0 Å². The number of hydrogen-bond acceptors (Lipinski definition) is 6. The first kappa shape index (κ1) is 23.8. The van der Waals surface area contributed by atoms with Crippen molar-refractivity contribution in [1.29, 1.82) is 0 Å². The zero-order valence-electron chi connectivity index (χ0n) is 20.1. The van der Waals surface area contributed by atoms with Crippen LogP contribution in [0.4, 0.5) is 4.79 Å². The van der Waals surface area contributed by atoms with E-state index in [1.165, 1.54) is 0 Å². The van der Waals surface area contributed by atoms with Crippen LogP contribution >= 0.6 is 0 Å². The molecule has 1 amide bonds. The second-order valence-corrected chi connectivity index (χ2v) is 9.37. The predicted octanol–water partition coefficient (Wildman–Crippen LogP) is 5.28. The predicted molar refractivity (Wildman–Crippen MR) is 129 cm³/mol. The summed E-state index contributed by atoms with van der Waals surface area (Å²) >= 11 is 0. The Bertz CT molecular complexity index is 1070. The molecule has 0 unspecified atom stereocenters. The molecule has 1 saturated carbocycles. The Hall–Kier alpha value is -3.35. The van der Waals surface area contributed by atoms with Gasteiger partial charge in [0.2, 0.25) is 5.89 Å². The Morgan fingerprint density at radius 2 is 1.91 bits per heavy atom. The molecule has 0 atom stereocenters. The standard InChI is InChI=1S/C27H33N3O4/c1-19(2)18-28-26(31)33-22-12-14-27(15-13-22,21-9-5-4-6-10-21)25-29-24(34-30-25)17-20-8-7-11-23(16-20)32-3/h4-11,16,19,22H,12-15,17-18H2,1-3H3,(H,28,31). The van der Waals surface area contributed by atoms with Gasteiger partial charge in [-0.1, -0.05) is 61.5 Å². The molecule has 0 radical (unpaired) electrons. The molecule has 0 saturated heterocycles. The highest BCUT2D eigenvalue weighted by atomic mass is 16.6. The number of nitrogens with one attached hydrogen (secondary N) is 1. The number of nitrogens with zero attached hydrogens (tertiary/aromatic N) is 2. The molecule has 1 aromatic heterocycles. The number of ether oxygens (including phenoxy) is 2. The second-order valence-electron chi connectivity index (χ2n) is 9.37. The Morgan fingerprint density at radius 3 is 2.62 bits per heavy atom. The first-order valence-corrected chi connectivity index (χ1v) is 11.9. The molecular formula is C27H33N3O4. The highest BCUT2D eigenvalue weighted by molar-refractivity contribution is 5.67. The van der Waals surface area contributed by atoms with Crippen molar-refractivity contribution in [2.24, 2.45) is 5.92 Å². The van der Waals surface area contributed by atoms with Crippen molar-refractivity contribution in [2.75, 3.05) is 13.7 Å². The third-order valence-electron chi connectivity index (χ3n) is 6.43. The average Bonchev–Trinajstić information content (AvgIpc) is 3.33. The SMILES string of the molecule is COc1cccc(Cc2nc(C3(c4ccccc4)CCC(OC(=O)NCC(C)C)CC3)no2)c1. The molecule has 1 heterocycles. The van der Waals surface area contributed by atoms with E-state index in [1.807, 2.05) is 42.5 Å². The maximum absolute atomic E-state index is 12.2. The zero-order valence-corrected chi connectivity index (χ0v) is 20.1. The Balaban J connectivity index is 1.50. The topological polar surface area (TPSA) is 86.5 Å². The summed E-state index contributed by atoms with van der Waals surface area (Å²) in [6.07, 6.45) is 3.11. The van der Waals surface area contributed by atoms with Gasteiger partial charge in [-0.15, -0.1) is 0 Å². The highest BCUT2D eigenvalue weighted by Crippen LogP contribution is 2.44. The summed E-state index contributed by atoms with van der Waals surface area (Å²) in [6.45, 7) is 4.73. The molecule has 1 N–H and O–H groups in total. The minimum absolute atomic E-state index is 0.118. The molecule has 180 valence electrons. The van der Waals surface area contributed by atoms with Gasteiger partial charge < -0.3 is 19.3 Å². The van der Waals surface area contributed by atoms with Crippen molar-refractivity contribution in [2.45, 2.75) is 57.5 Å². The lowest BCUT2D eigenvalue weighted by molar-refractivity contribution is 0.0610. The van der Waals surface area contributed by atoms with E-state index in [-0.39, 0.29) is 17.6 Å². The van der Waals surface area contributed by atoms with Crippen LogP contribution in [0, 0.1) is 5.92 Å². The summed E-state index contributed by atoms with van der Waals surface area (Å²) in [5.41, 5.74) is 1.84. The number of carbonyl (C=O) groups excluding carboxylic acids is 1. The summed E-state index contributed by atoms with van der Waals surface area (Å²) in [5, 5.41) is 7.26. The molecule has 1 fully saturated rings. The summed E-state index contributed by atoms with van der Waals surface area (Å²) in [4.78, 5) is 17.0. The van der Waals surface area contributed by atoms with E-state index in [4.69, 9.17) is 19.0 Å². The van der Waals surface area contributed by atoms with Crippen LogP contribution in [-0.2, 0) is 16.6 Å². The van der Waals surface area contributed by atoms with Gasteiger partial charge in [-0.25, -0.2) is 4.79 Å². The van der Waals surface area contributed by atoms with E-state index in [9.17, 15) is 4.79 Å².